The molecular weight excluding hydrogens is 290 g/mol. The summed E-state index contributed by atoms with van der Waals surface area (Å²) in [7, 11) is 0. The lowest BCUT2D eigenvalue weighted by Gasteiger charge is -2.35. The zero-order valence-electron chi connectivity index (χ0n) is 12.4. The highest BCUT2D eigenvalue weighted by molar-refractivity contribution is 5.81. The third-order valence-electron chi connectivity index (χ3n) is 4.22. The van der Waals surface area contributed by atoms with E-state index in [0.29, 0.717) is 44.9 Å². The van der Waals surface area contributed by atoms with Gasteiger partial charge in [-0.05, 0) is 30.5 Å². The number of ether oxygens (including phenoxy) is 1. The third-order valence-corrected chi connectivity index (χ3v) is 4.22. The molecule has 0 radical (unpaired) electrons. The van der Waals surface area contributed by atoms with Crippen LogP contribution in [-0.2, 0) is 16.1 Å². The SMILES string of the molecule is O=C(C1CCCO1)N1CCN(Cc2cc(F)cc(F)c2)CC1. The molecule has 2 aliphatic rings. The van der Waals surface area contributed by atoms with E-state index >= 15 is 0 Å². The van der Waals surface area contributed by atoms with Gasteiger partial charge in [-0.15, -0.1) is 0 Å². The molecule has 1 atom stereocenters. The van der Waals surface area contributed by atoms with E-state index in [1.54, 1.807) is 0 Å². The van der Waals surface area contributed by atoms with Gasteiger partial charge in [-0.3, -0.25) is 9.69 Å². The van der Waals surface area contributed by atoms with Gasteiger partial charge in [0, 0.05) is 45.4 Å². The molecule has 0 bridgehead atoms. The monoisotopic (exact) mass is 310 g/mol. The molecule has 0 aromatic heterocycles. The minimum absolute atomic E-state index is 0.0777. The zero-order valence-corrected chi connectivity index (χ0v) is 12.4. The molecule has 1 aromatic rings. The molecule has 120 valence electrons. The van der Waals surface area contributed by atoms with Crippen molar-refractivity contribution in [3.8, 4) is 0 Å². The molecule has 1 amide bonds. The van der Waals surface area contributed by atoms with Crippen LogP contribution >= 0.6 is 0 Å². The summed E-state index contributed by atoms with van der Waals surface area (Å²) in [6.45, 7) is 3.85. The standard InChI is InChI=1S/C16H20F2N2O2/c17-13-8-12(9-14(18)10-13)11-19-3-5-20(6-4-19)16(21)15-2-1-7-22-15/h8-10,15H,1-7,11H2. The van der Waals surface area contributed by atoms with Gasteiger partial charge in [0.05, 0.1) is 0 Å². The normalized spacial score (nSPS) is 23.0. The number of carbonyl (C=O) groups excluding carboxylic acids is 1. The molecule has 3 rings (SSSR count). The van der Waals surface area contributed by atoms with E-state index < -0.39 is 11.6 Å². The first kappa shape index (κ1) is 15.4. The van der Waals surface area contributed by atoms with Gasteiger partial charge >= 0.3 is 0 Å². The number of halogens is 2. The van der Waals surface area contributed by atoms with E-state index in [9.17, 15) is 13.6 Å². The van der Waals surface area contributed by atoms with Crippen LogP contribution in [0.2, 0.25) is 0 Å². The van der Waals surface area contributed by atoms with Gasteiger partial charge in [0.15, 0.2) is 0 Å². The number of hydrogen-bond donors (Lipinski definition) is 0. The Bertz CT molecular complexity index is 519. The lowest BCUT2D eigenvalue weighted by atomic mass is 10.1. The maximum atomic E-state index is 13.2. The minimum atomic E-state index is -0.554. The molecule has 2 aliphatic heterocycles. The maximum absolute atomic E-state index is 13.2. The zero-order chi connectivity index (χ0) is 15.5. The van der Waals surface area contributed by atoms with Crippen molar-refractivity contribution in [3.63, 3.8) is 0 Å². The molecule has 0 saturated carbocycles. The molecule has 2 fully saturated rings. The Kier molecular flexibility index (Phi) is 4.69. The number of hydrogen-bond acceptors (Lipinski definition) is 3. The van der Waals surface area contributed by atoms with Crippen molar-refractivity contribution < 1.29 is 18.3 Å². The fourth-order valence-electron chi connectivity index (χ4n) is 3.06. The van der Waals surface area contributed by atoms with E-state index in [1.165, 1.54) is 12.1 Å². The molecule has 0 N–H and O–H groups in total. The van der Waals surface area contributed by atoms with Gasteiger partial charge < -0.3 is 9.64 Å². The topological polar surface area (TPSA) is 32.8 Å². The van der Waals surface area contributed by atoms with Crippen molar-refractivity contribution >= 4 is 5.91 Å². The Morgan fingerprint density at radius 3 is 2.41 bits per heavy atom. The van der Waals surface area contributed by atoms with E-state index in [2.05, 4.69) is 4.90 Å². The summed E-state index contributed by atoms with van der Waals surface area (Å²) in [5.41, 5.74) is 0.622. The van der Waals surface area contributed by atoms with E-state index in [4.69, 9.17) is 4.74 Å². The van der Waals surface area contributed by atoms with Gasteiger partial charge in [0.1, 0.15) is 17.7 Å². The molecule has 2 saturated heterocycles. The van der Waals surface area contributed by atoms with Crippen LogP contribution in [0.5, 0.6) is 0 Å². The summed E-state index contributed by atoms with van der Waals surface area (Å²) in [6.07, 6.45) is 1.48. The highest BCUT2D eigenvalue weighted by Crippen LogP contribution is 2.17. The van der Waals surface area contributed by atoms with Crippen molar-refractivity contribution in [1.82, 2.24) is 9.80 Å². The largest absolute Gasteiger partial charge is 0.368 e. The second-order valence-electron chi connectivity index (χ2n) is 5.88. The fraction of sp³-hybridized carbons (Fsp3) is 0.562. The van der Waals surface area contributed by atoms with Crippen LogP contribution in [0.1, 0.15) is 18.4 Å². The van der Waals surface area contributed by atoms with Gasteiger partial charge in [0.2, 0.25) is 0 Å². The van der Waals surface area contributed by atoms with Crippen LogP contribution < -0.4 is 0 Å². The lowest BCUT2D eigenvalue weighted by Crippen LogP contribution is -2.51. The van der Waals surface area contributed by atoms with E-state index in [0.717, 1.165) is 18.9 Å². The number of rotatable bonds is 3. The predicted molar refractivity (Wildman–Crippen MR) is 77.2 cm³/mol. The molecule has 6 heteroatoms. The quantitative estimate of drug-likeness (QED) is 0.853. The van der Waals surface area contributed by atoms with Crippen molar-refractivity contribution in [2.24, 2.45) is 0 Å². The Morgan fingerprint density at radius 2 is 1.82 bits per heavy atom. The average molecular weight is 310 g/mol. The lowest BCUT2D eigenvalue weighted by molar-refractivity contribution is -0.142. The Balaban J connectivity index is 1.52. The van der Waals surface area contributed by atoms with Crippen LogP contribution in [0, 0.1) is 11.6 Å². The van der Waals surface area contributed by atoms with Gasteiger partial charge in [0.25, 0.3) is 5.91 Å². The second-order valence-corrected chi connectivity index (χ2v) is 5.88. The third kappa shape index (κ3) is 3.62. The number of carbonyl (C=O) groups is 1. The van der Waals surface area contributed by atoms with Crippen molar-refractivity contribution in [1.29, 1.82) is 0 Å². The Morgan fingerprint density at radius 1 is 1.14 bits per heavy atom. The van der Waals surface area contributed by atoms with Gasteiger partial charge in [-0.2, -0.15) is 0 Å². The van der Waals surface area contributed by atoms with Crippen LogP contribution in [0.25, 0.3) is 0 Å². The summed E-state index contributed by atoms with van der Waals surface area (Å²) in [4.78, 5) is 16.2. The summed E-state index contributed by atoms with van der Waals surface area (Å²) >= 11 is 0. The van der Waals surface area contributed by atoms with Crippen molar-refractivity contribution in [2.75, 3.05) is 32.8 Å². The first-order chi connectivity index (χ1) is 10.6. The van der Waals surface area contributed by atoms with Gasteiger partial charge in [-0.25, -0.2) is 8.78 Å². The predicted octanol–water partition coefficient (Wildman–Crippen LogP) is 1.79. The van der Waals surface area contributed by atoms with E-state index in [1.807, 2.05) is 4.90 Å². The number of nitrogens with zero attached hydrogens (tertiary/aromatic N) is 2. The van der Waals surface area contributed by atoms with Crippen LogP contribution in [0.3, 0.4) is 0 Å². The average Bonchev–Trinajstić information content (AvgIpc) is 3.00. The first-order valence-corrected chi connectivity index (χ1v) is 7.69. The molecule has 1 unspecified atom stereocenters. The summed E-state index contributed by atoms with van der Waals surface area (Å²) < 4.78 is 31.8. The molecule has 0 spiro atoms. The first-order valence-electron chi connectivity index (χ1n) is 7.69. The van der Waals surface area contributed by atoms with Crippen LogP contribution in [0.15, 0.2) is 18.2 Å². The van der Waals surface area contributed by atoms with Gasteiger partial charge in [-0.1, -0.05) is 0 Å². The minimum Gasteiger partial charge on any atom is -0.368 e. The molecule has 4 nitrogen and oxygen atoms in total. The highest BCUT2D eigenvalue weighted by Gasteiger charge is 2.30. The molecule has 0 aliphatic carbocycles. The summed E-state index contributed by atoms with van der Waals surface area (Å²) in [5, 5.41) is 0. The number of benzene rings is 1. The van der Waals surface area contributed by atoms with Crippen molar-refractivity contribution in [3.05, 3.63) is 35.4 Å². The summed E-state index contributed by atoms with van der Waals surface area (Å²) in [6, 6.07) is 3.58. The van der Waals surface area contributed by atoms with Crippen molar-refractivity contribution in [2.45, 2.75) is 25.5 Å². The second kappa shape index (κ2) is 6.71. The highest BCUT2D eigenvalue weighted by atomic mass is 19.1. The number of amides is 1. The summed E-state index contributed by atoms with van der Waals surface area (Å²) in [5.74, 6) is -1.03. The smallest absolute Gasteiger partial charge is 0.251 e. The number of piperazine rings is 1. The molecule has 2 heterocycles. The van der Waals surface area contributed by atoms with Crippen LogP contribution in [-0.4, -0.2) is 54.6 Å². The Hall–Kier alpha value is -1.53. The maximum Gasteiger partial charge on any atom is 0.251 e. The fourth-order valence-corrected chi connectivity index (χ4v) is 3.06. The molecule has 22 heavy (non-hydrogen) atoms. The van der Waals surface area contributed by atoms with Crippen LogP contribution in [0.4, 0.5) is 8.78 Å². The molecular formula is C16H20F2N2O2. The Labute approximate surface area is 128 Å². The molecule has 1 aromatic carbocycles. The van der Waals surface area contributed by atoms with E-state index in [-0.39, 0.29) is 12.0 Å².